The summed E-state index contributed by atoms with van der Waals surface area (Å²) in [6.45, 7) is 3.56. The highest BCUT2D eigenvalue weighted by Crippen LogP contribution is 2.37. The highest BCUT2D eigenvalue weighted by atomic mass is 32.1. The molecule has 0 fully saturated rings. The maximum atomic E-state index is 13.2. The summed E-state index contributed by atoms with van der Waals surface area (Å²) in [5.74, 6) is 0.755. The van der Waals surface area contributed by atoms with E-state index in [1.165, 1.54) is 0 Å². The molecular weight excluding hydrogens is 344 g/mol. The van der Waals surface area contributed by atoms with E-state index in [2.05, 4.69) is 13.0 Å². The average Bonchev–Trinajstić information content (AvgIpc) is 3.19. The second-order valence-electron chi connectivity index (χ2n) is 5.41. The van der Waals surface area contributed by atoms with Crippen LogP contribution in [0.3, 0.4) is 0 Å². The molecule has 3 aromatic heterocycles. The van der Waals surface area contributed by atoms with Crippen LogP contribution in [0.25, 0.3) is 20.7 Å². The zero-order chi connectivity index (χ0) is 17.1. The van der Waals surface area contributed by atoms with Gasteiger partial charge in [-0.05, 0) is 18.4 Å². The standard InChI is InChI=1S/C17H20N2O3S2/c1-11-14(12-5-4-10-23-12)15-16(24-11)18-13(6-8-21-2)19(17(15)20)7-9-22-3/h4-5,10H,6-9H2,1-3H3. The number of rotatable bonds is 7. The van der Waals surface area contributed by atoms with Crippen LogP contribution in [0.15, 0.2) is 22.3 Å². The molecule has 0 atom stereocenters. The highest BCUT2D eigenvalue weighted by Gasteiger charge is 2.20. The third-order valence-corrected chi connectivity index (χ3v) is 5.77. The number of thiophene rings is 2. The molecule has 0 amide bonds. The van der Waals surface area contributed by atoms with Gasteiger partial charge in [-0.1, -0.05) is 6.07 Å². The molecule has 0 aliphatic heterocycles. The molecule has 0 aliphatic carbocycles. The van der Waals surface area contributed by atoms with Crippen LogP contribution in [-0.2, 0) is 22.4 Å². The Morgan fingerprint density at radius 1 is 1.25 bits per heavy atom. The minimum absolute atomic E-state index is 0.0101. The highest BCUT2D eigenvalue weighted by molar-refractivity contribution is 7.20. The largest absolute Gasteiger partial charge is 0.384 e. The average molecular weight is 364 g/mol. The molecule has 0 saturated carbocycles. The molecule has 24 heavy (non-hydrogen) atoms. The predicted octanol–water partition coefficient (Wildman–Crippen LogP) is 3.33. The molecule has 0 spiro atoms. The Morgan fingerprint density at radius 2 is 2.04 bits per heavy atom. The van der Waals surface area contributed by atoms with Crippen molar-refractivity contribution in [2.45, 2.75) is 19.9 Å². The van der Waals surface area contributed by atoms with Gasteiger partial charge in [0.15, 0.2) is 0 Å². The van der Waals surface area contributed by atoms with E-state index in [1.54, 1.807) is 41.5 Å². The van der Waals surface area contributed by atoms with Gasteiger partial charge >= 0.3 is 0 Å². The summed E-state index contributed by atoms with van der Waals surface area (Å²) in [5.41, 5.74) is 1.03. The molecule has 0 saturated heterocycles. The van der Waals surface area contributed by atoms with E-state index in [-0.39, 0.29) is 5.56 Å². The summed E-state index contributed by atoms with van der Waals surface area (Å²) in [4.78, 5) is 21.0. The van der Waals surface area contributed by atoms with Crippen LogP contribution in [0.2, 0.25) is 0 Å². The summed E-state index contributed by atoms with van der Waals surface area (Å²) in [6.07, 6.45) is 0.608. The van der Waals surface area contributed by atoms with Crippen LogP contribution >= 0.6 is 22.7 Å². The van der Waals surface area contributed by atoms with Crippen LogP contribution in [0, 0.1) is 6.92 Å². The van der Waals surface area contributed by atoms with Gasteiger partial charge < -0.3 is 9.47 Å². The van der Waals surface area contributed by atoms with E-state index < -0.39 is 0 Å². The second kappa shape index (κ2) is 7.57. The van der Waals surface area contributed by atoms with Crippen LogP contribution < -0.4 is 5.56 Å². The van der Waals surface area contributed by atoms with Crippen molar-refractivity contribution in [1.82, 2.24) is 9.55 Å². The first-order chi connectivity index (χ1) is 11.7. The van der Waals surface area contributed by atoms with Crippen LogP contribution in [-0.4, -0.2) is 37.0 Å². The number of nitrogens with zero attached hydrogens (tertiary/aromatic N) is 2. The molecule has 3 rings (SSSR count). The van der Waals surface area contributed by atoms with E-state index in [1.807, 2.05) is 11.4 Å². The molecule has 0 unspecified atom stereocenters. The summed E-state index contributed by atoms with van der Waals surface area (Å²) in [5, 5.41) is 2.75. The molecule has 3 aromatic rings. The number of aryl methyl sites for hydroxylation is 1. The first-order valence-corrected chi connectivity index (χ1v) is 9.41. The molecule has 3 heterocycles. The van der Waals surface area contributed by atoms with E-state index in [9.17, 15) is 4.79 Å². The van der Waals surface area contributed by atoms with Crippen LogP contribution in [0.1, 0.15) is 10.7 Å². The Hall–Kier alpha value is -1.54. The lowest BCUT2D eigenvalue weighted by atomic mass is 10.1. The van der Waals surface area contributed by atoms with Gasteiger partial charge in [0.2, 0.25) is 0 Å². The van der Waals surface area contributed by atoms with Crippen LogP contribution in [0.5, 0.6) is 0 Å². The smallest absolute Gasteiger partial charge is 0.263 e. The number of ether oxygens (including phenoxy) is 2. The summed E-state index contributed by atoms with van der Waals surface area (Å²) >= 11 is 3.23. The zero-order valence-electron chi connectivity index (χ0n) is 14.0. The number of hydrogen-bond donors (Lipinski definition) is 0. The molecule has 0 aromatic carbocycles. The van der Waals surface area contributed by atoms with Gasteiger partial charge in [0.05, 0.1) is 25.1 Å². The lowest BCUT2D eigenvalue weighted by molar-refractivity contribution is 0.180. The van der Waals surface area contributed by atoms with Gasteiger partial charge in [0, 0.05) is 36.0 Å². The Morgan fingerprint density at radius 3 is 2.71 bits per heavy atom. The first kappa shape index (κ1) is 17.3. The third kappa shape index (κ3) is 3.17. The zero-order valence-corrected chi connectivity index (χ0v) is 15.6. The molecule has 7 heteroatoms. The fraction of sp³-hybridized carbons (Fsp3) is 0.412. The Balaban J connectivity index is 2.23. The minimum atomic E-state index is 0.0101. The molecule has 0 radical (unpaired) electrons. The van der Waals surface area contributed by atoms with E-state index in [0.717, 1.165) is 31.4 Å². The van der Waals surface area contributed by atoms with Crippen molar-refractivity contribution in [2.75, 3.05) is 27.4 Å². The molecule has 128 valence electrons. The van der Waals surface area contributed by atoms with Crippen molar-refractivity contribution >= 4 is 32.9 Å². The van der Waals surface area contributed by atoms with Gasteiger partial charge in [-0.3, -0.25) is 9.36 Å². The van der Waals surface area contributed by atoms with Crippen molar-refractivity contribution in [2.24, 2.45) is 0 Å². The van der Waals surface area contributed by atoms with Gasteiger partial charge in [0.25, 0.3) is 5.56 Å². The number of methoxy groups -OCH3 is 2. The van der Waals surface area contributed by atoms with E-state index in [0.29, 0.717) is 26.2 Å². The summed E-state index contributed by atoms with van der Waals surface area (Å²) in [6, 6.07) is 4.06. The van der Waals surface area contributed by atoms with Gasteiger partial charge in [-0.25, -0.2) is 4.98 Å². The third-order valence-electron chi connectivity index (χ3n) is 3.88. The Labute approximate surface area is 148 Å². The monoisotopic (exact) mass is 364 g/mol. The minimum Gasteiger partial charge on any atom is -0.384 e. The van der Waals surface area contributed by atoms with E-state index >= 15 is 0 Å². The maximum absolute atomic E-state index is 13.2. The van der Waals surface area contributed by atoms with Crippen molar-refractivity contribution in [1.29, 1.82) is 0 Å². The molecular formula is C17H20N2O3S2. The number of aromatic nitrogens is 2. The second-order valence-corrected chi connectivity index (χ2v) is 7.56. The van der Waals surface area contributed by atoms with E-state index in [4.69, 9.17) is 14.5 Å². The predicted molar refractivity (Wildman–Crippen MR) is 99.4 cm³/mol. The number of hydrogen-bond acceptors (Lipinski definition) is 6. The number of fused-ring (bicyclic) bond motifs is 1. The Bertz CT molecular complexity index is 882. The quantitative estimate of drug-likeness (QED) is 0.645. The van der Waals surface area contributed by atoms with Gasteiger partial charge in [-0.2, -0.15) is 0 Å². The maximum Gasteiger partial charge on any atom is 0.263 e. The lowest BCUT2D eigenvalue weighted by Crippen LogP contribution is -2.27. The van der Waals surface area contributed by atoms with Gasteiger partial charge in [0.1, 0.15) is 10.7 Å². The van der Waals surface area contributed by atoms with Gasteiger partial charge in [-0.15, -0.1) is 22.7 Å². The molecule has 0 N–H and O–H groups in total. The lowest BCUT2D eigenvalue weighted by Gasteiger charge is -2.12. The topological polar surface area (TPSA) is 53.3 Å². The Kier molecular flexibility index (Phi) is 5.45. The van der Waals surface area contributed by atoms with Crippen molar-refractivity contribution < 1.29 is 9.47 Å². The fourth-order valence-corrected chi connectivity index (χ4v) is 4.70. The molecule has 0 aliphatic rings. The summed E-state index contributed by atoms with van der Waals surface area (Å²) < 4.78 is 12.1. The molecule has 5 nitrogen and oxygen atoms in total. The summed E-state index contributed by atoms with van der Waals surface area (Å²) in [7, 11) is 3.29. The SMILES string of the molecule is COCCc1nc2sc(C)c(-c3cccs3)c2c(=O)n1CCOC. The first-order valence-electron chi connectivity index (χ1n) is 7.72. The van der Waals surface area contributed by atoms with Crippen molar-refractivity contribution in [3.8, 4) is 10.4 Å². The normalized spacial score (nSPS) is 11.5. The van der Waals surface area contributed by atoms with Crippen molar-refractivity contribution in [3.63, 3.8) is 0 Å². The van der Waals surface area contributed by atoms with Crippen molar-refractivity contribution in [3.05, 3.63) is 38.6 Å². The molecule has 0 bridgehead atoms. The fourth-order valence-electron chi connectivity index (χ4n) is 2.75. The van der Waals surface area contributed by atoms with Crippen LogP contribution in [0.4, 0.5) is 0 Å².